The van der Waals surface area contributed by atoms with Crippen molar-refractivity contribution in [3.8, 4) is 0 Å². The van der Waals surface area contributed by atoms with Crippen LogP contribution < -0.4 is 0 Å². The highest BCUT2D eigenvalue weighted by atomic mass is 19.4. The predicted molar refractivity (Wildman–Crippen MR) is 84.1 cm³/mol. The van der Waals surface area contributed by atoms with Gasteiger partial charge in [-0.05, 0) is 0 Å². The Bertz CT molecular complexity index is 1070. The monoisotopic (exact) mass is 590 g/mol. The van der Waals surface area contributed by atoms with Crippen LogP contribution in [0, 0.1) is 0 Å². The molecule has 0 radical (unpaired) electrons. The third kappa shape index (κ3) is 4.40. The lowest BCUT2D eigenvalue weighted by Gasteiger charge is -2.34. The molecule has 214 valence electrons. The Morgan fingerprint density at radius 2 is 0.553 bits per heavy atom. The van der Waals surface area contributed by atoms with E-state index >= 15 is 0 Å². The first-order chi connectivity index (χ1) is 16.5. The molecule has 22 heteroatoms. The molecule has 0 heterocycles. The van der Waals surface area contributed by atoms with Gasteiger partial charge in [0.15, 0.2) is 0 Å². The number of benzene rings is 1. The summed E-state index contributed by atoms with van der Waals surface area (Å²) in [6.45, 7) is 0. The zero-order valence-corrected chi connectivity index (χ0v) is 16.7. The summed E-state index contributed by atoms with van der Waals surface area (Å²) >= 11 is 0. The number of halogens is 14. The second kappa shape index (κ2) is 8.85. The van der Waals surface area contributed by atoms with Crippen LogP contribution in [-0.4, -0.2) is 68.5 Å². The average molecular weight is 590 g/mol. The van der Waals surface area contributed by atoms with Crippen LogP contribution in [0.4, 0.5) is 61.5 Å². The van der Waals surface area contributed by atoms with Crippen molar-refractivity contribution in [2.45, 2.75) is 36.0 Å². The smallest absolute Gasteiger partial charge is 0.460 e. The van der Waals surface area contributed by atoms with Gasteiger partial charge in [-0.15, -0.1) is 0 Å². The van der Waals surface area contributed by atoms with E-state index in [4.69, 9.17) is 20.4 Å². The molecule has 0 saturated heterocycles. The molecule has 0 aliphatic heterocycles. The number of carbonyl (C=O) groups is 4. The van der Waals surface area contributed by atoms with Crippen molar-refractivity contribution in [2.24, 2.45) is 0 Å². The standard InChI is InChI=1S/C16H4F14O8/c17-11(18,13(21,22)15(25,26)27)5-1(7(31)32)2(8(33)34)6(4(10(37)38)3(5)9(35)36)12(19,20)14(23,24)16(28,29)30/h(H,31,32)(H,33,34)(H,35,36)(H,37,38). The maximum absolute atomic E-state index is 14.5. The fourth-order valence-corrected chi connectivity index (χ4v) is 2.90. The molecule has 0 spiro atoms. The molecule has 0 aromatic heterocycles. The van der Waals surface area contributed by atoms with E-state index in [-0.39, 0.29) is 0 Å². The van der Waals surface area contributed by atoms with Gasteiger partial charge in [-0.25, -0.2) is 19.2 Å². The first-order valence-corrected chi connectivity index (χ1v) is 8.36. The maximum atomic E-state index is 14.5. The van der Waals surface area contributed by atoms with Gasteiger partial charge in [-0.3, -0.25) is 0 Å². The molecule has 4 N–H and O–H groups in total. The highest BCUT2D eigenvalue weighted by Crippen LogP contribution is 2.58. The third-order valence-electron chi connectivity index (χ3n) is 4.48. The minimum atomic E-state index is -7.67. The Hall–Kier alpha value is -3.88. The van der Waals surface area contributed by atoms with Crippen molar-refractivity contribution < 1.29 is 101 Å². The summed E-state index contributed by atoms with van der Waals surface area (Å²) in [4.78, 5) is 45.7. The van der Waals surface area contributed by atoms with Gasteiger partial charge >= 0.3 is 59.9 Å². The van der Waals surface area contributed by atoms with Crippen molar-refractivity contribution >= 4 is 23.9 Å². The molecule has 1 aromatic rings. The normalized spacial score (nSPS) is 13.8. The Morgan fingerprint density at radius 3 is 0.658 bits per heavy atom. The van der Waals surface area contributed by atoms with E-state index in [1.54, 1.807) is 0 Å². The Morgan fingerprint density at radius 1 is 0.395 bits per heavy atom. The SMILES string of the molecule is O=C(O)c1c(C(=O)O)c(C(F)(F)C(F)(F)C(F)(F)F)c(C(=O)O)c(C(=O)O)c1C(F)(F)C(F)(F)C(F)(F)F. The molecule has 0 aliphatic rings. The van der Waals surface area contributed by atoms with Gasteiger partial charge in [0, 0.05) is 0 Å². The quantitative estimate of drug-likeness (QED) is 0.307. The van der Waals surface area contributed by atoms with E-state index in [2.05, 4.69) is 0 Å². The Balaban J connectivity index is 4.92. The van der Waals surface area contributed by atoms with Crippen LogP contribution in [0.15, 0.2) is 0 Å². The molecule has 8 nitrogen and oxygen atoms in total. The van der Waals surface area contributed by atoms with Crippen molar-refractivity contribution in [3.63, 3.8) is 0 Å². The van der Waals surface area contributed by atoms with Gasteiger partial charge in [-0.2, -0.15) is 61.5 Å². The van der Waals surface area contributed by atoms with Crippen LogP contribution in [-0.2, 0) is 11.8 Å². The van der Waals surface area contributed by atoms with E-state index in [1.165, 1.54) is 0 Å². The third-order valence-corrected chi connectivity index (χ3v) is 4.48. The topological polar surface area (TPSA) is 149 Å². The summed E-state index contributed by atoms with van der Waals surface area (Å²) in [7, 11) is 0. The van der Waals surface area contributed by atoms with Crippen LogP contribution in [0.5, 0.6) is 0 Å². The summed E-state index contributed by atoms with van der Waals surface area (Å²) in [6.07, 6.45) is -15.0. The molecular weight excluding hydrogens is 586 g/mol. The minimum Gasteiger partial charge on any atom is -0.478 e. The van der Waals surface area contributed by atoms with Crippen LogP contribution in [0.25, 0.3) is 0 Å². The molecule has 38 heavy (non-hydrogen) atoms. The molecule has 0 atom stereocenters. The summed E-state index contributed by atoms with van der Waals surface area (Å²) < 4.78 is 189. The molecule has 1 aromatic carbocycles. The second-order valence-corrected chi connectivity index (χ2v) is 6.76. The molecular formula is C16H4F14O8. The molecule has 0 bridgehead atoms. The zero-order valence-electron chi connectivity index (χ0n) is 16.7. The van der Waals surface area contributed by atoms with E-state index in [0.717, 1.165) is 0 Å². The van der Waals surface area contributed by atoms with Crippen molar-refractivity contribution in [2.75, 3.05) is 0 Å². The van der Waals surface area contributed by atoms with E-state index in [9.17, 15) is 80.6 Å². The molecule has 1 rings (SSSR count). The number of carboxylic acids is 4. The second-order valence-electron chi connectivity index (χ2n) is 6.76. The Labute approximate surface area is 195 Å². The van der Waals surface area contributed by atoms with Gasteiger partial charge in [-0.1, -0.05) is 0 Å². The molecule has 0 saturated carbocycles. The number of alkyl halides is 14. The van der Waals surface area contributed by atoms with Gasteiger partial charge in [0.05, 0.1) is 33.4 Å². The highest BCUT2D eigenvalue weighted by Gasteiger charge is 2.77. The Kier molecular flexibility index (Phi) is 7.49. The fourth-order valence-electron chi connectivity index (χ4n) is 2.90. The largest absolute Gasteiger partial charge is 0.478 e. The van der Waals surface area contributed by atoms with Gasteiger partial charge in [0.2, 0.25) is 0 Å². The average Bonchev–Trinajstić information content (AvgIpc) is 2.68. The molecule has 0 unspecified atom stereocenters. The number of hydrogen-bond donors (Lipinski definition) is 4. The summed E-state index contributed by atoms with van der Waals surface area (Å²) in [6, 6.07) is 0. The zero-order chi connectivity index (χ0) is 30.8. The van der Waals surface area contributed by atoms with Crippen LogP contribution in [0.2, 0.25) is 0 Å². The number of aromatic carboxylic acids is 4. The van der Waals surface area contributed by atoms with Crippen molar-refractivity contribution in [1.29, 1.82) is 0 Å². The first-order valence-electron chi connectivity index (χ1n) is 8.36. The van der Waals surface area contributed by atoms with E-state index < -0.39 is 93.3 Å². The highest BCUT2D eigenvalue weighted by molar-refractivity contribution is 6.13. The van der Waals surface area contributed by atoms with Crippen molar-refractivity contribution in [3.05, 3.63) is 33.4 Å². The summed E-state index contributed by atoms with van der Waals surface area (Å²) in [5.74, 6) is -44.8. The molecule has 0 aliphatic carbocycles. The predicted octanol–water partition coefficient (Wildman–Crippen LogP) is 5.06. The lowest BCUT2D eigenvalue weighted by Crippen LogP contribution is -2.53. The number of rotatable bonds is 8. The van der Waals surface area contributed by atoms with Crippen LogP contribution in [0.1, 0.15) is 52.6 Å². The summed E-state index contributed by atoms with van der Waals surface area (Å²) in [5.41, 5.74) is -22.3. The first kappa shape index (κ1) is 32.1. The van der Waals surface area contributed by atoms with E-state index in [1.807, 2.05) is 0 Å². The lowest BCUT2D eigenvalue weighted by atomic mass is 9.79. The number of carboxylic acid groups (broad SMARTS) is 4. The fraction of sp³-hybridized carbons (Fsp3) is 0.375. The van der Waals surface area contributed by atoms with E-state index in [0.29, 0.717) is 0 Å². The molecule has 0 fully saturated rings. The minimum absolute atomic E-state index is 3.60. The molecule has 0 amide bonds. The van der Waals surface area contributed by atoms with Crippen LogP contribution >= 0.6 is 0 Å². The lowest BCUT2D eigenvalue weighted by molar-refractivity contribution is -0.360. The maximum Gasteiger partial charge on any atom is 0.460 e. The van der Waals surface area contributed by atoms with Gasteiger partial charge < -0.3 is 20.4 Å². The van der Waals surface area contributed by atoms with Gasteiger partial charge in [0.1, 0.15) is 0 Å². The van der Waals surface area contributed by atoms with Crippen LogP contribution in [0.3, 0.4) is 0 Å². The summed E-state index contributed by atoms with van der Waals surface area (Å²) in [5, 5.41) is 36.0. The van der Waals surface area contributed by atoms with Gasteiger partial charge in [0.25, 0.3) is 0 Å². The number of hydrogen-bond acceptors (Lipinski definition) is 4. The van der Waals surface area contributed by atoms with Crippen molar-refractivity contribution in [1.82, 2.24) is 0 Å².